The topological polar surface area (TPSA) is 0 Å². The van der Waals surface area contributed by atoms with Crippen molar-refractivity contribution in [1.82, 2.24) is 0 Å². The van der Waals surface area contributed by atoms with E-state index in [2.05, 4.69) is 88.2 Å². The molecule has 34 valence electrons. The van der Waals surface area contributed by atoms with Crippen LogP contribution >= 0.6 is 85.9 Å². The van der Waals surface area contributed by atoms with Gasteiger partial charge >= 0.3 is 87.2 Å². The molecule has 0 aromatic rings. The predicted molar refractivity (Wildman–Crippen MR) is 64.4 cm³/mol. The van der Waals surface area contributed by atoms with Crippen molar-refractivity contribution in [3.8, 4) is 0 Å². The fraction of sp³-hybridized carbons (Fsp3) is 0. The summed E-state index contributed by atoms with van der Waals surface area (Å²) in [5, 5.41) is 0. The van der Waals surface area contributed by atoms with Gasteiger partial charge in [0.25, 0.3) is 0 Å². The van der Waals surface area contributed by atoms with Crippen molar-refractivity contribution in [2.75, 3.05) is 0 Å². The Morgan fingerprint density at radius 1 is 1.20 bits per heavy atom. The Morgan fingerprint density at radius 2 is 1.20 bits per heavy atom. The fourth-order valence-corrected chi connectivity index (χ4v) is 0. The molecular formula is HI4P. The maximum atomic E-state index is 7.37. The van der Waals surface area contributed by atoms with E-state index < -0.39 is -2.22 Å². The van der Waals surface area contributed by atoms with Gasteiger partial charge < -0.3 is 0 Å². The Morgan fingerprint density at radius 3 is 1.20 bits per heavy atom. The molecule has 0 N–H and O–H groups in total. The molecule has 0 unspecified atom stereocenters. The molecule has 5 heteroatoms. The van der Waals surface area contributed by atoms with Crippen LogP contribution in [0.2, 0.25) is 0 Å². The average molecular weight is 541 g/mol. The molecule has 0 radical (unpaired) electrons. The molecule has 0 nitrogen and oxygen atoms in total. The van der Waals surface area contributed by atoms with E-state index in [-0.39, 0.29) is 0 Å². The van der Waals surface area contributed by atoms with E-state index in [0.717, 1.165) is 0 Å². The monoisotopic (exact) mass is 541 g/mol. The summed E-state index contributed by atoms with van der Waals surface area (Å²) in [5.74, 6) is 0. The molecule has 0 saturated heterocycles. The van der Waals surface area contributed by atoms with Crippen LogP contribution in [0, 0.1) is 0 Å². The first kappa shape index (κ1) is 6.47. The number of hydrogen-bond acceptors (Lipinski definition) is 0. The Hall–Kier alpha value is 3.35. The van der Waals surface area contributed by atoms with Gasteiger partial charge in [0.2, 0.25) is 0 Å². The third kappa shape index (κ3) is 18.7. The zero-order valence-electron chi connectivity index (χ0n) is 2.96. The summed E-state index contributed by atoms with van der Waals surface area (Å²) in [6, 6.07) is 0. The van der Waals surface area contributed by atoms with Crippen LogP contribution in [-0.2, 0) is 0 Å². The van der Waals surface area contributed by atoms with E-state index in [4.69, 9.17) is 1.28 Å². The molecular weight excluding hydrogens is 539 g/mol. The van der Waals surface area contributed by atoms with Crippen molar-refractivity contribution in [2.45, 2.75) is 0 Å². The Kier molecular flexibility index (Phi) is 4.39. The van der Waals surface area contributed by atoms with Crippen LogP contribution in [0.3, 0.4) is 0 Å². The molecule has 0 aromatic heterocycles. The first-order chi connectivity index (χ1) is 2.24. The van der Waals surface area contributed by atoms with Gasteiger partial charge in [0.15, 0.2) is 0 Å². The Balaban J connectivity index is 3.73. The Bertz CT molecular complexity index is 40.7. The zero-order valence-corrected chi connectivity index (χ0v) is 11.5. The third-order valence-electron chi connectivity index (χ3n) is 0. The van der Waals surface area contributed by atoms with Crippen LogP contribution in [0.5, 0.6) is 0 Å². The molecule has 0 heterocycles. The van der Waals surface area contributed by atoms with Crippen LogP contribution < -0.4 is 0 Å². The second-order valence-electron chi connectivity index (χ2n) is 0.383. The van der Waals surface area contributed by atoms with Crippen molar-refractivity contribution < 1.29 is 0 Å². The third-order valence-corrected chi connectivity index (χ3v) is 0. The maximum absolute atomic E-state index is 7.37. The molecule has 0 fully saturated rings. The van der Waals surface area contributed by atoms with E-state index in [1.807, 2.05) is 0 Å². The van der Waals surface area contributed by atoms with E-state index in [1.165, 1.54) is 0 Å². The summed E-state index contributed by atoms with van der Waals surface area (Å²) in [6.07, 6.45) is 0. The molecule has 0 rings (SSSR count). The molecule has 0 bridgehead atoms. The molecule has 5 heavy (non-hydrogen) atoms. The van der Waals surface area contributed by atoms with Crippen LogP contribution in [0.4, 0.5) is 0 Å². The van der Waals surface area contributed by atoms with E-state index in [0.29, 0.717) is 0 Å². The van der Waals surface area contributed by atoms with E-state index >= 15 is 0 Å². The van der Waals surface area contributed by atoms with Crippen LogP contribution in [0.15, 0.2) is 0 Å². The molecule has 0 amide bonds. The van der Waals surface area contributed by atoms with Gasteiger partial charge in [0.05, 0.1) is 0 Å². The molecule has 0 aliphatic heterocycles. The van der Waals surface area contributed by atoms with Gasteiger partial charge in [-0.2, -0.15) is 0 Å². The zero-order chi connectivity index (χ0) is 5.45. The van der Waals surface area contributed by atoms with Crippen molar-refractivity contribution >= 4 is 85.9 Å². The van der Waals surface area contributed by atoms with Crippen molar-refractivity contribution in [3.63, 3.8) is 0 Å². The van der Waals surface area contributed by atoms with Crippen LogP contribution in [0.25, 0.3) is 0 Å². The molecule has 0 saturated carbocycles. The quantitative estimate of drug-likeness (QED) is 0.320. The van der Waals surface area contributed by atoms with Crippen LogP contribution in [-0.4, -0.2) is 1.28 Å². The van der Waals surface area contributed by atoms with Crippen molar-refractivity contribution in [1.29, 1.82) is 1.28 Å². The second-order valence-corrected chi connectivity index (χ2v) is 51.7. The van der Waals surface area contributed by atoms with Gasteiger partial charge in [-0.25, -0.2) is 0 Å². The summed E-state index contributed by atoms with van der Waals surface area (Å²) < 4.78 is 5.45. The standard InChI is InChI=1S/HI4P/c1-5(2,3)4/h5H/i5D. The van der Waals surface area contributed by atoms with Gasteiger partial charge in [0, 0.05) is 0 Å². The van der Waals surface area contributed by atoms with E-state index in [1.54, 1.807) is 0 Å². The Labute approximate surface area is 85.2 Å². The molecule has 0 spiro atoms. The second kappa shape index (κ2) is 3.39. The minimum absolute atomic E-state index is 1.92. The number of hydrogen-bond donors (Lipinski definition) is 0. The summed E-state index contributed by atoms with van der Waals surface area (Å²) >= 11 is 8.68. The summed E-state index contributed by atoms with van der Waals surface area (Å²) in [6.45, 7) is 0. The molecule has 0 aliphatic rings. The van der Waals surface area contributed by atoms with Gasteiger partial charge in [0.1, 0.15) is 0 Å². The first-order valence-electron chi connectivity index (χ1n) is 1.12. The van der Waals surface area contributed by atoms with Crippen molar-refractivity contribution in [3.05, 3.63) is 0 Å². The number of rotatable bonds is 0. The molecule has 0 aliphatic carbocycles. The first-order valence-corrected chi connectivity index (χ1v) is 13.6. The SMILES string of the molecule is [2H]P(I)(I)(I)I. The van der Waals surface area contributed by atoms with Gasteiger partial charge in [-0.3, -0.25) is 0 Å². The predicted octanol–water partition coefficient (Wildman–Crippen LogP) is 4.14. The fourth-order valence-electron chi connectivity index (χ4n) is 0. The van der Waals surface area contributed by atoms with Gasteiger partial charge in [-0.15, -0.1) is 0 Å². The van der Waals surface area contributed by atoms with E-state index in [9.17, 15) is 0 Å². The van der Waals surface area contributed by atoms with Crippen LogP contribution in [0.1, 0.15) is 0 Å². The summed E-state index contributed by atoms with van der Waals surface area (Å²) in [5.41, 5.74) is 0. The summed E-state index contributed by atoms with van der Waals surface area (Å²) in [7, 11) is 0. The van der Waals surface area contributed by atoms with Gasteiger partial charge in [-0.1, -0.05) is 0 Å². The number of halogens is 4. The minimum atomic E-state index is -1.92. The summed E-state index contributed by atoms with van der Waals surface area (Å²) in [4.78, 5) is 0. The molecule has 0 aromatic carbocycles. The normalized spacial score (nSPS) is 23.2. The average Bonchev–Trinajstić information content (AvgIpc) is 0.650. The molecule has 0 atom stereocenters. The van der Waals surface area contributed by atoms with Crippen molar-refractivity contribution in [2.24, 2.45) is 0 Å². The van der Waals surface area contributed by atoms with Gasteiger partial charge in [-0.05, 0) is 0 Å².